The van der Waals surface area contributed by atoms with E-state index in [0.717, 1.165) is 13.0 Å². The van der Waals surface area contributed by atoms with Gasteiger partial charge in [0.25, 0.3) is 0 Å². The van der Waals surface area contributed by atoms with Crippen molar-refractivity contribution in [3.63, 3.8) is 0 Å². The average molecular weight is 243 g/mol. The lowest BCUT2D eigenvalue weighted by Gasteiger charge is -2.21. The lowest BCUT2D eigenvalue weighted by molar-refractivity contribution is -0.154. The van der Waals surface area contributed by atoms with Gasteiger partial charge in [-0.3, -0.25) is 12.9 Å². The van der Waals surface area contributed by atoms with Gasteiger partial charge in [-0.2, -0.15) is 0 Å². The third-order valence-electron chi connectivity index (χ3n) is 1.67. The van der Waals surface area contributed by atoms with Crippen molar-refractivity contribution in [3.8, 4) is 9.97 Å². The van der Waals surface area contributed by atoms with Crippen molar-refractivity contribution in [1.29, 1.82) is 0 Å². The Labute approximate surface area is 89.0 Å². The fourth-order valence-electron chi connectivity index (χ4n) is 1.08. The zero-order valence-corrected chi connectivity index (χ0v) is 10.0. The first-order chi connectivity index (χ1) is 5.93. The molecule has 64 valence electrons. The SMILES string of the molecule is [Br][Mg][C]#CCOC1CCCCO1. The molecule has 0 saturated carbocycles. The molecule has 1 heterocycles. The Morgan fingerprint density at radius 2 is 2.50 bits per heavy atom. The predicted octanol–water partition coefficient (Wildman–Crippen LogP) is 1.50. The average Bonchev–Trinajstić information content (AvgIpc) is 2.14. The minimum absolute atomic E-state index is 0.00467. The standard InChI is InChI=1S/C8H11O2.BrH.Mg/c1-2-6-9-8-5-3-4-7-10-8;;/h8H,3-7H2;1H;/q;;+1/p-1. The van der Waals surface area contributed by atoms with E-state index in [1.807, 2.05) is 0 Å². The highest BCUT2D eigenvalue weighted by Crippen LogP contribution is 2.12. The van der Waals surface area contributed by atoms with Crippen molar-refractivity contribution in [3.05, 3.63) is 0 Å². The van der Waals surface area contributed by atoms with Gasteiger partial charge in [-0.1, -0.05) is 0 Å². The predicted molar refractivity (Wildman–Crippen MR) is 52.0 cm³/mol. The molecule has 0 radical (unpaired) electrons. The Morgan fingerprint density at radius 1 is 1.58 bits per heavy atom. The van der Waals surface area contributed by atoms with Crippen LogP contribution in [0.4, 0.5) is 0 Å². The summed E-state index contributed by atoms with van der Waals surface area (Å²) in [5, 5.41) is 0. The normalized spacial score (nSPS) is 22.2. The van der Waals surface area contributed by atoms with Gasteiger partial charge in [-0.15, -0.1) is 5.92 Å². The van der Waals surface area contributed by atoms with Gasteiger partial charge in [0, 0.05) is 6.61 Å². The molecule has 0 bridgehead atoms. The van der Waals surface area contributed by atoms with Crippen molar-refractivity contribution in [1.82, 2.24) is 0 Å². The number of hydrogen-bond acceptors (Lipinski definition) is 2. The van der Waals surface area contributed by atoms with E-state index < -0.39 is 0 Å². The van der Waals surface area contributed by atoms with E-state index in [2.05, 4.69) is 22.9 Å². The van der Waals surface area contributed by atoms with E-state index in [1.165, 1.54) is 12.8 Å². The maximum absolute atomic E-state index is 5.39. The van der Waals surface area contributed by atoms with Crippen LogP contribution in [0.15, 0.2) is 0 Å². The summed E-state index contributed by atoms with van der Waals surface area (Å²) < 4.78 is 13.8. The van der Waals surface area contributed by atoms with Gasteiger partial charge in [0.05, 0.1) is 0 Å². The van der Waals surface area contributed by atoms with Crippen LogP contribution in [0.2, 0.25) is 0 Å². The van der Waals surface area contributed by atoms with Gasteiger partial charge >= 0.3 is 18.2 Å². The molecule has 0 aromatic carbocycles. The summed E-state index contributed by atoms with van der Waals surface area (Å²) >= 11 is 3.05. The minimum atomic E-state index is -0.304. The zero-order valence-electron chi connectivity index (χ0n) is 7.01. The molecule has 1 unspecified atom stereocenters. The fourth-order valence-corrected chi connectivity index (χ4v) is 1.87. The number of ether oxygens (including phenoxy) is 2. The van der Waals surface area contributed by atoms with Crippen LogP contribution in [0.25, 0.3) is 0 Å². The summed E-state index contributed by atoms with van der Waals surface area (Å²) in [6, 6.07) is 0. The molecule has 1 aliphatic rings. The van der Waals surface area contributed by atoms with Gasteiger partial charge in [-0.25, -0.2) is 4.05 Å². The van der Waals surface area contributed by atoms with Crippen LogP contribution in [0.5, 0.6) is 0 Å². The molecular weight excluding hydrogens is 232 g/mol. The molecule has 1 aliphatic heterocycles. The van der Waals surface area contributed by atoms with Crippen LogP contribution in [-0.2, 0) is 9.47 Å². The third kappa shape index (κ3) is 4.68. The highest BCUT2D eigenvalue weighted by Gasteiger charge is 2.12. The molecule has 1 fully saturated rings. The summed E-state index contributed by atoms with van der Waals surface area (Å²) in [5.41, 5.74) is 0. The summed E-state index contributed by atoms with van der Waals surface area (Å²) in [6.07, 6.45) is 3.41. The van der Waals surface area contributed by atoms with Gasteiger partial charge < -0.3 is 9.47 Å². The summed E-state index contributed by atoms with van der Waals surface area (Å²) in [4.78, 5) is 0. The zero-order chi connectivity index (χ0) is 8.65. The van der Waals surface area contributed by atoms with E-state index in [9.17, 15) is 0 Å². The molecular formula is C8H11BrMgO2. The molecule has 4 heteroatoms. The molecule has 1 rings (SSSR count). The van der Waals surface area contributed by atoms with Crippen LogP contribution in [-0.4, -0.2) is 37.7 Å². The van der Waals surface area contributed by atoms with Crippen LogP contribution in [0, 0.1) is 9.97 Å². The lowest BCUT2D eigenvalue weighted by atomic mass is 10.2. The Kier molecular flexibility index (Phi) is 6.45. The molecule has 12 heavy (non-hydrogen) atoms. The molecule has 1 saturated heterocycles. The first-order valence-corrected chi connectivity index (χ1v) is 8.79. The minimum Gasteiger partial charge on any atom is -0.353 e. The second kappa shape index (κ2) is 7.16. The summed E-state index contributed by atoms with van der Waals surface area (Å²) in [7, 11) is 0. The molecule has 2 nitrogen and oxygen atoms in total. The van der Waals surface area contributed by atoms with Crippen molar-refractivity contribution in [2.45, 2.75) is 25.6 Å². The van der Waals surface area contributed by atoms with Crippen LogP contribution < -0.4 is 0 Å². The first-order valence-electron chi connectivity index (χ1n) is 4.18. The molecule has 0 N–H and O–H groups in total. The Morgan fingerprint density at radius 3 is 3.17 bits per heavy atom. The van der Waals surface area contributed by atoms with Crippen molar-refractivity contribution in [2.24, 2.45) is 0 Å². The van der Waals surface area contributed by atoms with Gasteiger partial charge in [0.15, 0.2) is 6.29 Å². The van der Waals surface area contributed by atoms with Crippen LogP contribution >= 0.6 is 12.9 Å². The van der Waals surface area contributed by atoms with Gasteiger partial charge in [0.1, 0.15) is 6.61 Å². The first kappa shape index (κ1) is 10.8. The van der Waals surface area contributed by atoms with E-state index in [4.69, 9.17) is 9.47 Å². The molecule has 0 aromatic heterocycles. The summed E-state index contributed by atoms with van der Waals surface area (Å²) in [6.45, 7) is 1.36. The molecule has 1 atom stereocenters. The van der Waals surface area contributed by atoms with Crippen molar-refractivity contribution in [2.75, 3.05) is 13.2 Å². The van der Waals surface area contributed by atoms with Crippen LogP contribution in [0.1, 0.15) is 19.3 Å². The van der Waals surface area contributed by atoms with Crippen molar-refractivity contribution < 1.29 is 9.47 Å². The number of rotatable bonds is 2. The highest BCUT2D eigenvalue weighted by molar-refractivity contribution is 9.23. The largest absolute Gasteiger partial charge is 0.569 e. The van der Waals surface area contributed by atoms with E-state index >= 15 is 0 Å². The lowest BCUT2D eigenvalue weighted by Crippen LogP contribution is -2.22. The molecule has 0 aromatic rings. The monoisotopic (exact) mass is 242 g/mol. The van der Waals surface area contributed by atoms with E-state index in [-0.39, 0.29) is 24.5 Å². The van der Waals surface area contributed by atoms with Gasteiger partial charge in [-0.05, 0) is 19.3 Å². The highest BCUT2D eigenvalue weighted by atomic mass is 79.9. The van der Waals surface area contributed by atoms with Crippen molar-refractivity contribution >= 4 is 31.1 Å². The Hall–Kier alpha value is 0.726. The Bertz CT molecular complexity index is 170. The number of halogens is 1. The molecule has 0 aliphatic carbocycles. The maximum Gasteiger partial charge on any atom is 0.569 e. The second-order valence-corrected chi connectivity index (χ2v) is 4.90. The number of hydrogen-bond donors (Lipinski definition) is 0. The third-order valence-corrected chi connectivity index (χ3v) is 2.90. The quantitative estimate of drug-likeness (QED) is 0.540. The smallest absolute Gasteiger partial charge is 0.353 e. The molecule has 0 spiro atoms. The van der Waals surface area contributed by atoms with E-state index in [1.54, 1.807) is 0 Å². The second-order valence-electron chi connectivity index (χ2n) is 2.59. The van der Waals surface area contributed by atoms with E-state index in [0.29, 0.717) is 6.61 Å². The maximum atomic E-state index is 5.39. The summed E-state index contributed by atoms with van der Waals surface area (Å²) in [5.74, 6) is 2.94. The van der Waals surface area contributed by atoms with Crippen LogP contribution in [0.3, 0.4) is 0 Å². The topological polar surface area (TPSA) is 18.5 Å². The van der Waals surface area contributed by atoms with Gasteiger partial charge in [0.2, 0.25) is 0 Å². The molecule has 0 amide bonds. The fraction of sp³-hybridized carbons (Fsp3) is 0.750. The Balaban J connectivity index is 2.05.